The number of benzene rings is 2. The van der Waals surface area contributed by atoms with E-state index in [4.69, 9.17) is 11.6 Å². The first kappa shape index (κ1) is 15.3. The summed E-state index contributed by atoms with van der Waals surface area (Å²) in [4.78, 5) is 12.3. The lowest BCUT2D eigenvalue weighted by atomic mass is 10.1. The molecule has 0 unspecified atom stereocenters. The molecule has 1 amide bonds. The molecule has 0 aliphatic heterocycles. The van der Waals surface area contributed by atoms with Crippen molar-refractivity contribution in [2.75, 3.05) is 0 Å². The maximum absolute atomic E-state index is 12.3. The van der Waals surface area contributed by atoms with E-state index >= 15 is 0 Å². The number of nitrogens with zero attached hydrogens (tertiary/aromatic N) is 2. The van der Waals surface area contributed by atoms with E-state index in [0.29, 0.717) is 17.1 Å². The van der Waals surface area contributed by atoms with Crippen molar-refractivity contribution < 1.29 is 4.79 Å². The first-order chi connectivity index (χ1) is 11.1. The van der Waals surface area contributed by atoms with Crippen LogP contribution in [0.4, 0.5) is 0 Å². The van der Waals surface area contributed by atoms with Gasteiger partial charge >= 0.3 is 0 Å². The van der Waals surface area contributed by atoms with E-state index in [1.54, 1.807) is 16.9 Å². The van der Waals surface area contributed by atoms with Crippen molar-refractivity contribution in [2.45, 2.75) is 13.5 Å². The van der Waals surface area contributed by atoms with E-state index in [1.165, 1.54) is 6.20 Å². The summed E-state index contributed by atoms with van der Waals surface area (Å²) >= 11 is 6.14. The van der Waals surface area contributed by atoms with Crippen LogP contribution in [-0.4, -0.2) is 15.7 Å². The molecule has 116 valence electrons. The summed E-state index contributed by atoms with van der Waals surface area (Å²) in [5.41, 5.74) is 3.49. The number of hydrogen-bond donors (Lipinski definition) is 1. The molecule has 4 nitrogen and oxygen atoms in total. The Hall–Kier alpha value is -2.59. The monoisotopic (exact) mass is 325 g/mol. The number of amides is 1. The molecule has 5 heteroatoms. The second-order valence-corrected chi connectivity index (χ2v) is 5.64. The second kappa shape index (κ2) is 6.67. The van der Waals surface area contributed by atoms with E-state index in [1.807, 2.05) is 49.4 Å². The summed E-state index contributed by atoms with van der Waals surface area (Å²) in [6, 6.07) is 15.3. The maximum atomic E-state index is 12.3. The fourth-order valence-corrected chi connectivity index (χ4v) is 2.52. The molecule has 1 aromatic heterocycles. The lowest BCUT2D eigenvalue weighted by molar-refractivity contribution is 0.0951. The molecule has 0 atom stereocenters. The normalized spacial score (nSPS) is 10.5. The average Bonchev–Trinajstić information content (AvgIpc) is 3.04. The molecule has 3 aromatic rings. The van der Waals surface area contributed by atoms with Gasteiger partial charge in [-0.05, 0) is 30.2 Å². The molecule has 0 fully saturated rings. The standard InChI is InChI=1S/C18H16ClN3O/c1-13-6-2-3-7-14(13)10-20-18(23)15-11-21-22(12-15)17-9-5-4-8-16(17)19/h2-9,11-12H,10H2,1H3,(H,20,23). The number of rotatable bonds is 4. The Morgan fingerprint density at radius 3 is 2.70 bits per heavy atom. The Bertz CT molecular complexity index is 842. The summed E-state index contributed by atoms with van der Waals surface area (Å²) in [7, 11) is 0. The molecule has 0 saturated carbocycles. The highest BCUT2D eigenvalue weighted by Gasteiger charge is 2.11. The third kappa shape index (κ3) is 3.43. The van der Waals surface area contributed by atoms with Gasteiger partial charge < -0.3 is 5.32 Å². The molecule has 2 aromatic carbocycles. The number of nitrogens with one attached hydrogen (secondary N) is 1. The molecule has 0 saturated heterocycles. The zero-order chi connectivity index (χ0) is 16.2. The molecule has 1 N–H and O–H groups in total. The molecule has 3 rings (SSSR count). The Morgan fingerprint density at radius 2 is 1.91 bits per heavy atom. The van der Waals surface area contributed by atoms with Crippen LogP contribution in [0.1, 0.15) is 21.5 Å². The van der Waals surface area contributed by atoms with Crippen LogP contribution < -0.4 is 5.32 Å². The molecule has 0 aliphatic carbocycles. The van der Waals surface area contributed by atoms with Gasteiger partial charge in [0.05, 0.1) is 22.5 Å². The molecule has 0 spiro atoms. The molecule has 0 bridgehead atoms. The van der Waals surface area contributed by atoms with E-state index in [9.17, 15) is 4.79 Å². The van der Waals surface area contributed by atoms with Gasteiger partial charge in [-0.2, -0.15) is 5.10 Å². The van der Waals surface area contributed by atoms with Crippen LogP contribution in [0.15, 0.2) is 60.9 Å². The first-order valence-electron chi connectivity index (χ1n) is 7.27. The topological polar surface area (TPSA) is 46.9 Å². The lowest BCUT2D eigenvalue weighted by Gasteiger charge is -2.06. The van der Waals surface area contributed by atoms with Crippen LogP contribution in [0.3, 0.4) is 0 Å². The summed E-state index contributed by atoms with van der Waals surface area (Å²) < 4.78 is 1.60. The van der Waals surface area contributed by atoms with Crippen molar-refractivity contribution in [3.8, 4) is 5.69 Å². The van der Waals surface area contributed by atoms with Gasteiger partial charge in [-0.3, -0.25) is 4.79 Å². The van der Waals surface area contributed by atoms with E-state index in [-0.39, 0.29) is 5.91 Å². The van der Waals surface area contributed by atoms with Gasteiger partial charge in [0, 0.05) is 12.7 Å². The molecular weight excluding hydrogens is 310 g/mol. The van der Waals surface area contributed by atoms with Crippen LogP contribution in [0.25, 0.3) is 5.69 Å². The number of carbonyl (C=O) groups excluding carboxylic acids is 1. The van der Waals surface area contributed by atoms with Crippen LogP contribution in [0.2, 0.25) is 5.02 Å². The lowest BCUT2D eigenvalue weighted by Crippen LogP contribution is -2.22. The predicted molar refractivity (Wildman–Crippen MR) is 90.9 cm³/mol. The van der Waals surface area contributed by atoms with Crippen LogP contribution in [0.5, 0.6) is 0 Å². The van der Waals surface area contributed by atoms with Gasteiger partial charge in [0.2, 0.25) is 0 Å². The number of aromatic nitrogens is 2. The van der Waals surface area contributed by atoms with Crippen molar-refractivity contribution in [2.24, 2.45) is 0 Å². The van der Waals surface area contributed by atoms with Crippen LogP contribution >= 0.6 is 11.6 Å². The first-order valence-corrected chi connectivity index (χ1v) is 7.65. The summed E-state index contributed by atoms with van der Waals surface area (Å²) in [5, 5.41) is 7.71. The highest BCUT2D eigenvalue weighted by molar-refractivity contribution is 6.32. The minimum absolute atomic E-state index is 0.161. The largest absolute Gasteiger partial charge is 0.348 e. The Morgan fingerprint density at radius 1 is 1.17 bits per heavy atom. The Kier molecular flexibility index (Phi) is 4.44. The summed E-state index contributed by atoms with van der Waals surface area (Å²) in [6.45, 7) is 2.51. The number of aryl methyl sites for hydroxylation is 1. The molecule has 23 heavy (non-hydrogen) atoms. The average molecular weight is 326 g/mol. The third-order valence-electron chi connectivity index (χ3n) is 3.64. The van der Waals surface area contributed by atoms with Crippen molar-refractivity contribution in [3.05, 3.63) is 82.6 Å². The van der Waals surface area contributed by atoms with Crippen molar-refractivity contribution >= 4 is 17.5 Å². The number of para-hydroxylation sites is 1. The van der Waals surface area contributed by atoms with Gasteiger partial charge in [0.15, 0.2) is 0 Å². The fourth-order valence-electron chi connectivity index (χ4n) is 2.30. The molecular formula is C18H16ClN3O. The quantitative estimate of drug-likeness (QED) is 0.793. The second-order valence-electron chi connectivity index (χ2n) is 5.23. The van der Waals surface area contributed by atoms with Crippen molar-refractivity contribution in [3.63, 3.8) is 0 Å². The zero-order valence-electron chi connectivity index (χ0n) is 12.7. The highest BCUT2D eigenvalue weighted by atomic mass is 35.5. The van der Waals surface area contributed by atoms with Gasteiger partial charge in [-0.15, -0.1) is 0 Å². The summed E-state index contributed by atoms with van der Waals surface area (Å²) in [6.07, 6.45) is 3.21. The Balaban J connectivity index is 1.72. The van der Waals surface area contributed by atoms with Gasteiger partial charge in [-0.25, -0.2) is 4.68 Å². The molecule has 0 radical (unpaired) electrons. The summed E-state index contributed by atoms with van der Waals surface area (Å²) in [5.74, 6) is -0.161. The number of hydrogen-bond acceptors (Lipinski definition) is 2. The maximum Gasteiger partial charge on any atom is 0.254 e. The number of carbonyl (C=O) groups is 1. The fraction of sp³-hybridized carbons (Fsp3) is 0.111. The molecule has 0 aliphatic rings. The van der Waals surface area contributed by atoms with Gasteiger partial charge in [0.1, 0.15) is 0 Å². The van der Waals surface area contributed by atoms with Crippen molar-refractivity contribution in [1.29, 1.82) is 0 Å². The van der Waals surface area contributed by atoms with Crippen molar-refractivity contribution in [1.82, 2.24) is 15.1 Å². The highest BCUT2D eigenvalue weighted by Crippen LogP contribution is 2.19. The minimum atomic E-state index is -0.161. The van der Waals surface area contributed by atoms with Gasteiger partial charge in [-0.1, -0.05) is 48.0 Å². The van der Waals surface area contributed by atoms with E-state index < -0.39 is 0 Å². The van der Waals surface area contributed by atoms with E-state index in [0.717, 1.165) is 16.8 Å². The smallest absolute Gasteiger partial charge is 0.254 e. The number of halogens is 1. The van der Waals surface area contributed by atoms with Gasteiger partial charge in [0.25, 0.3) is 5.91 Å². The predicted octanol–water partition coefficient (Wildman–Crippen LogP) is 3.76. The third-order valence-corrected chi connectivity index (χ3v) is 3.96. The zero-order valence-corrected chi connectivity index (χ0v) is 13.4. The Labute approximate surface area is 139 Å². The minimum Gasteiger partial charge on any atom is -0.348 e. The van der Waals surface area contributed by atoms with Crippen LogP contribution in [0, 0.1) is 6.92 Å². The van der Waals surface area contributed by atoms with E-state index in [2.05, 4.69) is 10.4 Å². The van der Waals surface area contributed by atoms with Crippen LogP contribution in [-0.2, 0) is 6.54 Å². The molecule has 1 heterocycles. The SMILES string of the molecule is Cc1ccccc1CNC(=O)c1cnn(-c2ccccc2Cl)c1.